The van der Waals surface area contributed by atoms with Crippen LogP contribution in [0.4, 0.5) is 15.2 Å². The molecule has 4 aliphatic rings. The molecule has 292 valence electrons. The zero-order valence-electron chi connectivity index (χ0n) is 31.5. The number of anilines is 2. The first-order chi connectivity index (χ1) is 27.7. The van der Waals surface area contributed by atoms with Crippen LogP contribution in [0.15, 0.2) is 72.6 Å². The SMILES string of the molecule is CN(Cc1ccc(C2CCC(=O)NC2=O)cn1)C1CCN(c2ccc(-c3cc(F)c4c(c3)C(=O)N(C(C(=O)Nc3nccs3)c3ncn5c3CCC5)C4)cc2)CC1. The van der Waals surface area contributed by atoms with Crippen molar-refractivity contribution in [3.63, 3.8) is 0 Å². The van der Waals surface area contributed by atoms with Crippen molar-refractivity contribution in [2.45, 2.75) is 76.2 Å². The summed E-state index contributed by atoms with van der Waals surface area (Å²) in [6.07, 6.45) is 9.55. The molecule has 3 aromatic heterocycles. The number of pyridine rings is 1. The molecule has 2 fully saturated rings. The van der Waals surface area contributed by atoms with Crippen LogP contribution in [0.5, 0.6) is 0 Å². The van der Waals surface area contributed by atoms with Gasteiger partial charge in [-0.15, -0.1) is 11.3 Å². The number of nitrogens with zero attached hydrogens (tertiary/aromatic N) is 7. The molecule has 2 atom stereocenters. The number of amides is 4. The normalized spacial score (nSPS) is 18.9. The maximum absolute atomic E-state index is 15.9. The Kier molecular flexibility index (Phi) is 9.86. The summed E-state index contributed by atoms with van der Waals surface area (Å²) in [5.74, 6) is -2.14. The van der Waals surface area contributed by atoms with Crippen LogP contribution in [0.2, 0.25) is 0 Å². The Morgan fingerprint density at radius 1 is 1.00 bits per heavy atom. The van der Waals surface area contributed by atoms with Gasteiger partial charge in [-0.1, -0.05) is 18.2 Å². The number of aromatic nitrogens is 4. The Morgan fingerprint density at radius 2 is 1.82 bits per heavy atom. The first-order valence-corrected chi connectivity index (χ1v) is 20.3. The van der Waals surface area contributed by atoms with Crippen molar-refractivity contribution in [1.29, 1.82) is 0 Å². The molecular formula is C42H42FN9O4S. The highest BCUT2D eigenvalue weighted by molar-refractivity contribution is 7.13. The Bertz CT molecular complexity index is 2340. The van der Waals surface area contributed by atoms with E-state index in [1.807, 2.05) is 41.0 Å². The summed E-state index contributed by atoms with van der Waals surface area (Å²) < 4.78 is 17.9. The number of rotatable bonds is 10. The molecule has 4 aliphatic heterocycles. The summed E-state index contributed by atoms with van der Waals surface area (Å²) in [6.45, 7) is 3.21. The fraction of sp³-hybridized carbons (Fsp3) is 0.357. The fourth-order valence-electron chi connectivity index (χ4n) is 8.73. The lowest BCUT2D eigenvalue weighted by Gasteiger charge is -2.38. The number of aryl methyl sites for hydroxylation is 1. The van der Waals surface area contributed by atoms with Crippen LogP contribution in [0, 0.1) is 5.82 Å². The Labute approximate surface area is 332 Å². The van der Waals surface area contributed by atoms with Crippen molar-refractivity contribution in [3.05, 3.63) is 112 Å². The lowest BCUT2D eigenvalue weighted by molar-refractivity contribution is -0.134. The van der Waals surface area contributed by atoms with Crippen LogP contribution in [0.1, 0.15) is 82.6 Å². The summed E-state index contributed by atoms with van der Waals surface area (Å²) in [5.41, 5.74) is 6.20. The molecule has 0 bridgehead atoms. The third-order valence-electron chi connectivity index (χ3n) is 11.8. The minimum Gasteiger partial charge on any atom is -0.371 e. The molecule has 15 heteroatoms. The van der Waals surface area contributed by atoms with E-state index in [1.54, 1.807) is 30.2 Å². The van der Waals surface area contributed by atoms with E-state index in [2.05, 4.69) is 42.4 Å². The number of carbonyl (C=O) groups excluding carboxylic acids is 4. The van der Waals surface area contributed by atoms with E-state index < -0.39 is 23.7 Å². The molecule has 0 saturated carbocycles. The highest BCUT2D eigenvalue weighted by Gasteiger charge is 2.42. The van der Waals surface area contributed by atoms with Crippen molar-refractivity contribution in [2.24, 2.45) is 0 Å². The van der Waals surface area contributed by atoms with Crippen LogP contribution in [-0.4, -0.2) is 79.1 Å². The summed E-state index contributed by atoms with van der Waals surface area (Å²) in [6, 6.07) is 14.5. The van der Waals surface area contributed by atoms with Gasteiger partial charge in [-0.25, -0.2) is 14.4 Å². The van der Waals surface area contributed by atoms with Crippen LogP contribution in [0.3, 0.4) is 0 Å². The van der Waals surface area contributed by atoms with E-state index in [4.69, 9.17) is 0 Å². The number of thiazole rings is 1. The monoisotopic (exact) mass is 787 g/mol. The zero-order chi connectivity index (χ0) is 39.2. The van der Waals surface area contributed by atoms with Crippen molar-refractivity contribution >= 4 is 45.8 Å². The average molecular weight is 788 g/mol. The predicted octanol–water partition coefficient (Wildman–Crippen LogP) is 5.44. The van der Waals surface area contributed by atoms with Gasteiger partial charge in [-0.2, -0.15) is 0 Å². The second kappa shape index (κ2) is 15.3. The van der Waals surface area contributed by atoms with Crippen LogP contribution in [0.25, 0.3) is 11.1 Å². The summed E-state index contributed by atoms with van der Waals surface area (Å²) in [4.78, 5) is 71.2. The second-order valence-electron chi connectivity index (χ2n) is 15.3. The minimum atomic E-state index is -1.04. The molecule has 2 saturated heterocycles. The van der Waals surface area contributed by atoms with Crippen LogP contribution in [-0.2, 0) is 40.4 Å². The predicted molar refractivity (Wildman–Crippen MR) is 212 cm³/mol. The largest absolute Gasteiger partial charge is 0.371 e. The average Bonchev–Trinajstić information content (AvgIpc) is 4.04. The van der Waals surface area contributed by atoms with Gasteiger partial charge in [-0.3, -0.25) is 39.7 Å². The number of benzene rings is 2. The number of fused-ring (bicyclic) bond motifs is 2. The van der Waals surface area contributed by atoms with Crippen molar-refractivity contribution in [3.8, 4) is 11.1 Å². The number of halogens is 1. The maximum Gasteiger partial charge on any atom is 0.255 e. The van der Waals surface area contributed by atoms with E-state index in [1.165, 1.54) is 22.3 Å². The molecule has 0 spiro atoms. The number of nitrogens with one attached hydrogen (secondary N) is 2. The van der Waals surface area contributed by atoms with Gasteiger partial charge in [0.2, 0.25) is 11.8 Å². The highest BCUT2D eigenvalue weighted by atomic mass is 32.1. The van der Waals surface area contributed by atoms with E-state index in [9.17, 15) is 19.2 Å². The van der Waals surface area contributed by atoms with Gasteiger partial charge >= 0.3 is 0 Å². The number of imidazole rings is 1. The maximum atomic E-state index is 15.9. The number of carbonyl (C=O) groups is 4. The Hall–Kier alpha value is -5.80. The van der Waals surface area contributed by atoms with Gasteiger partial charge < -0.3 is 14.4 Å². The van der Waals surface area contributed by atoms with E-state index in [-0.39, 0.29) is 35.4 Å². The highest BCUT2D eigenvalue weighted by Crippen LogP contribution is 2.38. The Morgan fingerprint density at radius 3 is 2.56 bits per heavy atom. The lowest BCUT2D eigenvalue weighted by atomic mass is 9.91. The summed E-state index contributed by atoms with van der Waals surface area (Å²) in [7, 11) is 2.12. The van der Waals surface area contributed by atoms with Gasteiger partial charge in [0.1, 0.15) is 5.82 Å². The van der Waals surface area contributed by atoms with E-state index >= 15 is 4.39 Å². The van der Waals surface area contributed by atoms with Crippen LogP contribution < -0.4 is 15.5 Å². The zero-order valence-corrected chi connectivity index (χ0v) is 32.3. The number of hydrogen-bond donors (Lipinski definition) is 2. The second-order valence-corrected chi connectivity index (χ2v) is 16.2. The van der Waals surface area contributed by atoms with Crippen molar-refractivity contribution in [1.82, 2.24) is 34.6 Å². The number of imide groups is 1. The summed E-state index contributed by atoms with van der Waals surface area (Å²) >= 11 is 1.28. The van der Waals surface area contributed by atoms with E-state index in [0.717, 1.165) is 73.5 Å². The van der Waals surface area contributed by atoms with Gasteiger partial charge in [0.15, 0.2) is 11.2 Å². The molecule has 7 heterocycles. The van der Waals surface area contributed by atoms with Gasteiger partial charge in [-0.05, 0) is 86.2 Å². The smallest absolute Gasteiger partial charge is 0.255 e. The first kappa shape index (κ1) is 36.8. The molecule has 9 rings (SSSR count). The first-order valence-electron chi connectivity index (χ1n) is 19.4. The molecule has 2 unspecified atom stereocenters. The van der Waals surface area contributed by atoms with Crippen molar-refractivity contribution in [2.75, 3.05) is 30.4 Å². The molecular weight excluding hydrogens is 746 g/mol. The quantitative estimate of drug-likeness (QED) is 0.177. The number of piperidine rings is 2. The van der Waals surface area contributed by atoms with E-state index in [0.29, 0.717) is 41.8 Å². The lowest BCUT2D eigenvalue weighted by Crippen LogP contribution is -2.43. The molecule has 2 aromatic carbocycles. The van der Waals surface area contributed by atoms with Crippen LogP contribution >= 0.6 is 11.3 Å². The minimum absolute atomic E-state index is 0.0417. The molecule has 13 nitrogen and oxygen atoms in total. The third-order valence-corrected chi connectivity index (χ3v) is 12.5. The van der Waals surface area contributed by atoms with Gasteiger partial charge in [0, 0.05) is 78.9 Å². The molecule has 4 amide bonds. The van der Waals surface area contributed by atoms with Gasteiger partial charge in [0.05, 0.1) is 30.2 Å². The Balaban J connectivity index is 0.844. The van der Waals surface area contributed by atoms with Gasteiger partial charge in [0.25, 0.3) is 11.8 Å². The standard InChI is InChI=1S/C42H42FN9O4S/c1-49(22-28-7-4-26(21-45-28)31-10-11-36(53)47-39(31)54)29-12-16-50(17-13-29)30-8-5-25(6-9-30)27-19-32-33(34(43)20-27)23-52(41(32)56)38(40(55)48-42-44-14-18-57-42)37-35-3-2-15-51(35)24-46-37/h4-9,14,18-21,24,29,31,38H,2-3,10-13,15-17,22-23H2,1H3,(H,44,48,55)(H,47,53,54). The topological polar surface area (TPSA) is 146 Å². The molecule has 0 aliphatic carbocycles. The van der Waals surface area contributed by atoms with Crippen molar-refractivity contribution < 1.29 is 23.6 Å². The molecule has 57 heavy (non-hydrogen) atoms. The fourth-order valence-corrected chi connectivity index (χ4v) is 9.26. The molecule has 2 N–H and O–H groups in total. The molecule has 5 aromatic rings. The molecule has 0 radical (unpaired) electrons. The third kappa shape index (κ3) is 7.21. The summed E-state index contributed by atoms with van der Waals surface area (Å²) in [5, 5.41) is 7.44. The number of hydrogen-bond acceptors (Lipinski definition) is 10.